The maximum absolute atomic E-state index is 12.1. The minimum absolute atomic E-state index is 0.328. The average Bonchev–Trinajstić information content (AvgIpc) is 2.98. The van der Waals surface area contributed by atoms with Gasteiger partial charge in [0.2, 0.25) is 0 Å². The Hall–Kier alpha value is -1.69. The number of halogens is 1. The Kier molecular flexibility index (Phi) is 2.89. The van der Waals surface area contributed by atoms with Gasteiger partial charge in [-0.3, -0.25) is 0 Å². The van der Waals surface area contributed by atoms with Crippen LogP contribution in [0.25, 0.3) is 5.82 Å². The van der Waals surface area contributed by atoms with Crippen LogP contribution < -0.4 is 0 Å². The number of aromatic nitrogens is 3. The van der Waals surface area contributed by atoms with Crippen LogP contribution in [0.5, 0.6) is 0 Å². The second-order valence-electron chi connectivity index (χ2n) is 5.49. The highest BCUT2D eigenvalue weighted by molar-refractivity contribution is 9.10. The summed E-state index contributed by atoms with van der Waals surface area (Å²) in [6, 6.07) is 3.84. The number of carbonyl (C=O) groups is 1. The first-order valence-electron chi connectivity index (χ1n) is 7.10. The minimum atomic E-state index is -0.328. The molecular formula is C15H14BrN3O2. The highest BCUT2D eigenvalue weighted by Crippen LogP contribution is 2.57. The molecule has 108 valence electrons. The van der Waals surface area contributed by atoms with Gasteiger partial charge in [0.25, 0.3) is 0 Å². The third-order valence-corrected chi connectivity index (χ3v) is 4.63. The van der Waals surface area contributed by atoms with E-state index in [9.17, 15) is 4.79 Å². The van der Waals surface area contributed by atoms with Gasteiger partial charge >= 0.3 is 5.97 Å². The van der Waals surface area contributed by atoms with E-state index in [0.717, 1.165) is 28.0 Å². The van der Waals surface area contributed by atoms with E-state index in [1.54, 1.807) is 6.20 Å². The summed E-state index contributed by atoms with van der Waals surface area (Å²) < 4.78 is 7.88. The van der Waals surface area contributed by atoms with E-state index in [2.05, 4.69) is 26.0 Å². The zero-order chi connectivity index (χ0) is 14.6. The number of fused-ring (bicyclic) bond motifs is 3. The minimum Gasteiger partial charge on any atom is -0.461 e. The lowest BCUT2D eigenvalue weighted by Crippen LogP contribution is -2.09. The summed E-state index contributed by atoms with van der Waals surface area (Å²) >= 11 is 3.38. The molecule has 2 aliphatic rings. The zero-order valence-corrected chi connectivity index (χ0v) is 13.1. The number of nitrogens with zero attached hydrogens (tertiary/aromatic N) is 3. The van der Waals surface area contributed by atoms with Crippen LogP contribution in [0.4, 0.5) is 0 Å². The van der Waals surface area contributed by atoms with Gasteiger partial charge in [-0.05, 0) is 53.7 Å². The van der Waals surface area contributed by atoms with Gasteiger partial charge < -0.3 is 4.74 Å². The van der Waals surface area contributed by atoms with Gasteiger partial charge in [0.15, 0.2) is 11.5 Å². The summed E-state index contributed by atoms with van der Waals surface area (Å²) in [4.78, 5) is 16.5. The maximum atomic E-state index is 12.1. The fourth-order valence-corrected chi connectivity index (χ4v) is 3.38. The Bertz CT molecular complexity index is 723. The number of pyridine rings is 1. The Morgan fingerprint density at radius 1 is 1.52 bits per heavy atom. The molecule has 2 aromatic heterocycles. The van der Waals surface area contributed by atoms with Crippen LogP contribution in [0.1, 0.15) is 41.0 Å². The fraction of sp³-hybridized carbons (Fsp3) is 0.400. The van der Waals surface area contributed by atoms with E-state index in [1.165, 1.54) is 6.42 Å². The average molecular weight is 348 g/mol. The molecule has 21 heavy (non-hydrogen) atoms. The highest BCUT2D eigenvalue weighted by atomic mass is 79.9. The van der Waals surface area contributed by atoms with Gasteiger partial charge in [-0.1, -0.05) is 0 Å². The van der Waals surface area contributed by atoms with Crippen molar-refractivity contribution in [2.45, 2.75) is 25.7 Å². The summed E-state index contributed by atoms with van der Waals surface area (Å²) in [5, 5.41) is 4.49. The molecule has 0 amide bonds. The van der Waals surface area contributed by atoms with Crippen LogP contribution in [0.15, 0.2) is 22.8 Å². The summed E-state index contributed by atoms with van der Waals surface area (Å²) in [6.07, 6.45) is 3.87. The predicted octanol–water partition coefficient (Wildman–Crippen LogP) is 2.87. The fourth-order valence-electron chi connectivity index (χ4n) is 3.15. The van der Waals surface area contributed by atoms with Crippen molar-refractivity contribution < 1.29 is 9.53 Å². The van der Waals surface area contributed by atoms with Crippen molar-refractivity contribution in [1.29, 1.82) is 0 Å². The molecule has 5 nitrogen and oxygen atoms in total. The Morgan fingerprint density at radius 3 is 3.10 bits per heavy atom. The third-order valence-electron chi connectivity index (χ3n) is 4.16. The van der Waals surface area contributed by atoms with Gasteiger partial charge in [0.1, 0.15) is 0 Å². The summed E-state index contributed by atoms with van der Waals surface area (Å²) in [5.74, 6) is 1.62. The lowest BCUT2D eigenvalue weighted by Gasteiger charge is -2.05. The normalized spacial score (nSPS) is 21.8. The molecule has 2 atom stereocenters. The number of esters is 1. The molecule has 6 heteroatoms. The van der Waals surface area contributed by atoms with E-state index in [-0.39, 0.29) is 5.97 Å². The predicted molar refractivity (Wildman–Crippen MR) is 79.6 cm³/mol. The number of ether oxygens (including phenoxy) is 1. The molecule has 1 saturated carbocycles. The zero-order valence-electron chi connectivity index (χ0n) is 11.5. The molecule has 0 bridgehead atoms. The van der Waals surface area contributed by atoms with Gasteiger partial charge in [0.05, 0.1) is 12.3 Å². The molecule has 0 unspecified atom stereocenters. The monoisotopic (exact) mass is 347 g/mol. The van der Waals surface area contributed by atoms with Crippen LogP contribution in [-0.2, 0) is 11.2 Å². The molecular weight excluding hydrogens is 334 g/mol. The second kappa shape index (κ2) is 4.66. The maximum Gasteiger partial charge on any atom is 0.359 e. The topological polar surface area (TPSA) is 57.0 Å². The number of hydrogen-bond acceptors (Lipinski definition) is 4. The third kappa shape index (κ3) is 2.00. The van der Waals surface area contributed by atoms with Gasteiger partial charge in [-0.25, -0.2) is 14.5 Å². The van der Waals surface area contributed by atoms with Crippen LogP contribution in [0.2, 0.25) is 0 Å². The summed E-state index contributed by atoms with van der Waals surface area (Å²) in [7, 11) is 0. The lowest BCUT2D eigenvalue weighted by molar-refractivity contribution is 0.0517. The molecule has 2 aliphatic carbocycles. The van der Waals surface area contributed by atoms with Crippen molar-refractivity contribution in [2.24, 2.45) is 5.92 Å². The highest BCUT2D eigenvalue weighted by Gasteiger charge is 2.50. The number of carbonyl (C=O) groups excluding carboxylic acids is 1. The molecule has 0 aliphatic heterocycles. The molecule has 0 spiro atoms. The molecule has 0 radical (unpaired) electrons. The van der Waals surface area contributed by atoms with Gasteiger partial charge in [0, 0.05) is 22.2 Å². The first kappa shape index (κ1) is 13.0. The smallest absolute Gasteiger partial charge is 0.359 e. The Morgan fingerprint density at radius 2 is 2.38 bits per heavy atom. The van der Waals surface area contributed by atoms with E-state index >= 15 is 0 Å². The van der Waals surface area contributed by atoms with E-state index in [4.69, 9.17) is 4.74 Å². The van der Waals surface area contributed by atoms with Gasteiger partial charge in [-0.15, -0.1) is 0 Å². The molecule has 0 saturated heterocycles. The SMILES string of the molecule is CCOC(=O)c1nn(-c2ccc(Br)cn2)c2c1C[C@H]1C[C@@H]21. The first-order chi connectivity index (χ1) is 10.2. The molecule has 1 fully saturated rings. The van der Waals surface area contributed by atoms with Crippen LogP contribution in [0.3, 0.4) is 0 Å². The van der Waals surface area contributed by atoms with E-state index < -0.39 is 0 Å². The van der Waals surface area contributed by atoms with E-state index in [1.807, 2.05) is 23.7 Å². The van der Waals surface area contributed by atoms with Crippen LogP contribution in [-0.4, -0.2) is 27.3 Å². The van der Waals surface area contributed by atoms with Crippen molar-refractivity contribution >= 4 is 21.9 Å². The summed E-state index contributed by atoms with van der Waals surface area (Å²) in [6.45, 7) is 2.17. The van der Waals surface area contributed by atoms with Crippen LogP contribution in [0, 0.1) is 5.92 Å². The van der Waals surface area contributed by atoms with Crippen LogP contribution >= 0.6 is 15.9 Å². The Labute approximate surface area is 130 Å². The number of hydrogen-bond donors (Lipinski definition) is 0. The summed E-state index contributed by atoms with van der Waals surface area (Å²) in [5.41, 5.74) is 2.67. The molecule has 2 aromatic rings. The van der Waals surface area contributed by atoms with Crippen molar-refractivity contribution in [2.75, 3.05) is 6.61 Å². The quantitative estimate of drug-likeness (QED) is 0.801. The van der Waals surface area contributed by atoms with Crippen molar-refractivity contribution in [3.05, 3.63) is 39.8 Å². The largest absolute Gasteiger partial charge is 0.461 e. The molecule has 2 heterocycles. The Balaban J connectivity index is 1.82. The number of rotatable bonds is 3. The molecule has 4 rings (SSSR count). The van der Waals surface area contributed by atoms with Gasteiger partial charge in [-0.2, -0.15) is 5.10 Å². The second-order valence-corrected chi connectivity index (χ2v) is 6.40. The molecule has 0 aromatic carbocycles. The van der Waals surface area contributed by atoms with Crippen molar-refractivity contribution in [3.63, 3.8) is 0 Å². The lowest BCUT2D eigenvalue weighted by atomic mass is 10.1. The first-order valence-corrected chi connectivity index (χ1v) is 7.89. The van der Waals surface area contributed by atoms with Crippen molar-refractivity contribution in [1.82, 2.24) is 14.8 Å². The molecule has 0 N–H and O–H groups in total. The van der Waals surface area contributed by atoms with E-state index in [0.29, 0.717) is 24.1 Å². The van der Waals surface area contributed by atoms with Crippen molar-refractivity contribution in [3.8, 4) is 5.82 Å². The standard InChI is InChI=1S/C15H14BrN3O2/c1-2-21-15(20)13-11-6-8-5-10(8)14(11)19(18-13)12-4-3-9(16)7-17-12/h3-4,7-8,10H,2,5-6H2,1H3/t8-,10-/m1/s1.